The van der Waals surface area contributed by atoms with Crippen molar-refractivity contribution in [2.45, 2.75) is 58.9 Å². The molecule has 16 heavy (non-hydrogen) atoms. The van der Waals surface area contributed by atoms with E-state index < -0.39 is 0 Å². The van der Waals surface area contributed by atoms with Gasteiger partial charge in [0.15, 0.2) is 0 Å². The van der Waals surface area contributed by atoms with Crippen LogP contribution < -0.4 is 11.1 Å². The third-order valence-electron chi connectivity index (χ3n) is 2.65. The van der Waals surface area contributed by atoms with Crippen LogP contribution in [0.25, 0.3) is 0 Å². The van der Waals surface area contributed by atoms with Gasteiger partial charge in [-0.15, -0.1) is 0 Å². The Morgan fingerprint density at radius 1 is 1.25 bits per heavy atom. The van der Waals surface area contributed by atoms with Crippen molar-refractivity contribution in [3.63, 3.8) is 0 Å². The minimum Gasteiger partial charge on any atom is -0.409 e. The molecule has 0 aromatic carbocycles. The second-order valence-corrected chi connectivity index (χ2v) is 4.87. The Bertz CT molecular complexity index is 193. The molecule has 0 aromatic rings. The standard InChI is InChI=1S/C12H27N3O/c1-10(2)6-4-7-11(3)14-9-5-8-12(13)15-16/h10-11,14,16H,4-9H2,1-3H3,(H2,13,15). The first kappa shape index (κ1) is 15.2. The number of nitrogens with one attached hydrogen (secondary N) is 1. The molecule has 0 bridgehead atoms. The molecule has 0 aliphatic rings. The van der Waals surface area contributed by atoms with Gasteiger partial charge in [-0.3, -0.25) is 0 Å². The van der Waals surface area contributed by atoms with Crippen molar-refractivity contribution in [2.24, 2.45) is 16.8 Å². The summed E-state index contributed by atoms with van der Waals surface area (Å²) in [6, 6.07) is 0.561. The van der Waals surface area contributed by atoms with Gasteiger partial charge in [-0.25, -0.2) is 0 Å². The Balaban J connectivity index is 3.33. The van der Waals surface area contributed by atoms with Crippen molar-refractivity contribution in [2.75, 3.05) is 6.54 Å². The van der Waals surface area contributed by atoms with Crippen molar-refractivity contribution in [3.8, 4) is 0 Å². The van der Waals surface area contributed by atoms with E-state index >= 15 is 0 Å². The molecule has 0 heterocycles. The summed E-state index contributed by atoms with van der Waals surface area (Å²) in [4.78, 5) is 0. The highest BCUT2D eigenvalue weighted by molar-refractivity contribution is 5.79. The summed E-state index contributed by atoms with van der Waals surface area (Å²) < 4.78 is 0. The summed E-state index contributed by atoms with van der Waals surface area (Å²) in [6.45, 7) is 7.66. The minimum absolute atomic E-state index is 0.314. The molecule has 0 fully saturated rings. The van der Waals surface area contributed by atoms with Crippen molar-refractivity contribution in [1.29, 1.82) is 0 Å². The van der Waals surface area contributed by atoms with Gasteiger partial charge in [-0.1, -0.05) is 31.8 Å². The van der Waals surface area contributed by atoms with E-state index in [9.17, 15) is 0 Å². The van der Waals surface area contributed by atoms with Crippen LogP contribution in [0, 0.1) is 5.92 Å². The third-order valence-corrected chi connectivity index (χ3v) is 2.65. The molecule has 0 aliphatic carbocycles. The van der Waals surface area contributed by atoms with Gasteiger partial charge >= 0.3 is 0 Å². The first-order valence-electron chi connectivity index (χ1n) is 6.26. The number of rotatable bonds is 9. The number of hydrogen-bond acceptors (Lipinski definition) is 3. The van der Waals surface area contributed by atoms with Crippen LogP contribution in [0.1, 0.15) is 52.9 Å². The van der Waals surface area contributed by atoms with Crippen molar-refractivity contribution in [1.82, 2.24) is 5.32 Å². The lowest BCUT2D eigenvalue weighted by Crippen LogP contribution is -2.27. The molecule has 4 nitrogen and oxygen atoms in total. The first-order chi connectivity index (χ1) is 7.56. The molecule has 4 heteroatoms. The van der Waals surface area contributed by atoms with E-state index in [1.807, 2.05) is 0 Å². The Hall–Kier alpha value is -0.770. The Kier molecular flexibility index (Phi) is 9.00. The van der Waals surface area contributed by atoms with Crippen molar-refractivity contribution in [3.05, 3.63) is 0 Å². The second-order valence-electron chi connectivity index (χ2n) is 4.87. The zero-order valence-corrected chi connectivity index (χ0v) is 10.9. The molecule has 0 amide bonds. The SMILES string of the molecule is CC(C)CCCC(C)NCCCC(N)=NO. The summed E-state index contributed by atoms with van der Waals surface area (Å²) in [5.41, 5.74) is 5.38. The van der Waals surface area contributed by atoms with Crippen LogP contribution in [-0.2, 0) is 0 Å². The molecule has 1 unspecified atom stereocenters. The average molecular weight is 229 g/mol. The zero-order chi connectivity index (χ0) is 12.4. The van der Waals surface area contributed by atoms with Crippen LogP contribution >= 0.6 is 0 Å². The second kappa shape index (κ2) is 9.46. The fourth-order valence-corrected chi connectivity index (χ4v) is 1.60. The zero-order valence-electron chi connectivity index (χ0n) is 10.9. The van der Waals surface area contributed by atoms with E-state index in [4.69, 9.17) is 10.9 Å². The monoisotopic (exact) mass is 229 g/mol. The Morgan fingerprint density at radius 2 is 1.94 bits per heavy atom. The minimum atomic E-state index is 0.314. The predicted molar refractivity (Wildman–Crippen MR) is 68.8 cm³/mol. The lowest BCUT2D eigenvalue weighted by atomic mass is 10.0. The molecule has 0 rings (SSSR count). The number of amidine groups is 1. The molecule has 0 radical (unpaired) electrons. The van der Waals surface area contributed by atoms with Gasteiger partial charge in [0.2, 0.25) is 0 Å². The predicted octanol–water partition coefficient (Wildman–Crippen LogP) is 2.32. The summed E-state index contributed by atoms with van der Waals surface area (Å²) in [5, 5.41) is 14.7. The molecule has 0 saturated heterocycles. The van der Waals surface area contributed by atoms with E-state index in [1.54, 1.807) is 0 Å². The highest BCUT2D eigenvalue weighted by Gasteiger charge is 2.02. The van der Waals surface area contributed by atoms with Gasteiger partial charge in [0.1, 0.15) is 5.84 Å². The van der Waals surface area contributed by atoms with Gasteiger partial charge in [0, 0.05) is 12.5 Å². The van der Waals surface area contributed by atoms with Gasteiger partial charge in [-0.2, -0.15) is 0 Å². The lowest BCUT2D eigenvalue weighted by molar-refractivity contribution is 0.316. The van der Waals surface area contributed by atoms with E-state index in [0.29, 0.717) is 18.3 Å². The summed E-state index contributed by atoms with van der Waals surface area (Å²) in [6.07, 6.45) is 5.39. The van der Waals surface area contributed by atoms with E-state index in [0.717, 1.165) is 18.9 Å². The topological polar surface area (TPSA) is 70.6 Å². The molecule has 1 atom stereocenters. The van der Waals surface area contributed by atoms with E-state index in [1.165, 1.54) is 19.3 Å². The lowest BCUT2D eigenvalue weighted by Gasteiger charge is -2.14. The van der Waals surface area contributed by atoms with Crippen LogP contribution in [0.3, 0.4) is 0 Å². The number of oxime groups is 1. The number of nitrogens with two attached hydrogens (primary N) is 1. The fourth-order valence-electron chi connectivity index (χ4n) is 1.60. The van der Waals surface area contributed by atoms with Gasteiger partial charge in [0.25, 0.3) is 0 Å². The number of hydrogen-bond donors (Lipinski definition) is 3. The maximum atomic E-state index is 8.35. The van der Waals surface area contributed by atoms with Crippen molar-refractivity contribution < 1.29 is 5.21 Å². The highest BCUT2D eigenvalue weighted by Crippen LogP contribution is 2.08. The summed E-state index contributed by atoms with van der Waals surface area (Å²) >= 11 is 0. The maximum absolute atomic E-state index is 8.35. The average Bonchev–Trinajstić information content (AvgIpc) is 2.23. The molecule has 4 N–H and O–H groups in total. The highest BCUT2D eigenvalue weighted by atomic mass is 16.4. The molecule has 0 aliphatic heterocycles. The fraction of sp³-hybridized carbons (Fsp3) is 0.917. The van der Waals surface area contributed by atoms with Crippen LogP contribution in [0.15, 0.2) is 5.16 Å². The molecular weight excluding hydrogens is 202 g/mol. The Labute approximate surface area is 99.3 Å². The van der Waals surface area contributed by atoms with Gasteiger partial charge in [-0.05, 0) is 32.2 Å². The van der Waals surface area contributed by atoms with Crippen LogP contribution in [0.4, 0.5) is 0 Å². The van der Waals surface area contributed by atoms with Crippen LogP contribution in [-0.4, -0.2) is 23.6 Å². The quantitative estimate of drug-likeness (QED) is 0.187. The third kappa shape index (κ3) is 9.77. The largest absolute Gasteiger partial charge is 0.409 e. The van der Waals surface area contributed by atoms with Crippen LogP contribution in [0.2, 0.25) is 0 Å². The van der Waals surface area contributed by atoms with Crippen LogP contribution in [0.5, 0.6) is 0 Å². The smallest absolute Gasteiger partial charge is 0.139 e. The number of nitrogens with zero attached hydrogens (tertiary/aromatic N) is 1. The van der Waals surface area contributed by atoms with Gasteiger partial charge < -0.3 is 16.3 Å². The molecule has 0 spiro atoms. The van der Waals surface area contributed by atoms with E-state index in [2.05, 4.69) is 31.2 Å². The van der Waals surface area contributed by atoms with Gasteiger partial charge in [0.05, 0.1) is 0 Å². The normalized spacial score (nSPS) is 14.4. The summed E-state index contributed by atoms with van der Waals surface area (Å²) in [7, 11) is 0. The maximum Gasteiger partial charge on any atom is 0.139 e. The summed E-state index contributed by atoms with van der Waals surface area (Å²) in [5.74, 6) is 1.11. The molecular formula is C12H27N3O. The molecule has 96 valence electrons. The molecule has 0 saturated carbocycles. The Morgan fingerprint density at radius 3 is 2.50 bits per heavy atom. The molecule has 0 aromatic heterocycles. The van der Waals surface area contributed by atoms with E-state index in [-0.39, 0.29) is 0 Å². The van der Waals surface area contributed by atoms with Crippen molar-refractivity contribution >= 4 is 5.84 Å². The first-order valence-corrected chi connectivity index (χ1v) is 6.26.